The van der Waals surface area contributed by atoms with E-state index < -0.39 is 0 Å². The average Bonchev–Trinajstić information content (AvgIpc) is 2.45. The van der Waals surface area contributed by atoms with E-state index in [1.54, 1.807) is 0 Å². The molecule has 0 radical (unpaired) electrons. The van der Waals surface area contributed by atoms with Crippen molar-refractivity contribution < 1.29 is 0 Å². The zero-order valence-corrected chi connectivity index (χ0v) is 13.6. The zero-order valence-electron chi connectivity index (χ0n) is 12.0. The van der Waals surface area contributed by atoms with Crippen molar-refractivity contribution >= 4 is 21.7 Å². The lowest BCUT2D eigenvalue weighted by Crippen LogP contribution is -2.22. The van der Waals surface area contributed by atoms with E-state index in [4.69, 9.17) is 0 Å². The molecule has 2 rings (SSSR count). The van der Waals surface area contributed by atoms with Gasteiger partial charge in [0.05, 0.1) is 0 Å². The Morgan fingerprint density at radius 2 is 2.05 bits per heavy atom. The van der Waals surface area contributed by atoms with E-state index in [1.165, 1.54) is 0 Å². The van der Waals surface area contributed by atoms with Gasteiger partial charge in [-0.2, -0.15) is 0 Å². The Balaban J connectivity index is 2.07. The zero-order chi connectivity index (χ0) is 14.5. The molecule has 0 fully saturated rings. The van der Waals surface area contributed by atoms with Gasteiger partial charge in [-0.25, -0.2) is 9.97 Å². The first kappa shape index (κ1) is 14.9. The number of hydrogen-bond donors (Lipinski definition) is 0. The minimum Gasteiger partial charge on any atom is -0.359 e. The lowest BCUT2D eigenvalue weighted by molar-refractivity contribution is 0.754. The fraction of sp³-hybridized carbons (Fsp3) is 0.400. The second-order valence-electron chi connectivity index (χ2n) is 5.05. The van der Waals surface area contributed by atoms with Crippen LogP contribution in [0.1, 0.15) is 31.3 Å². The van der Waals surface area contributed by atoms with Crippen LogP contribution >= 0.6 is 15.9 Å². The van der Waals surface area contributed by atoms with Gasteiger partial charge in [-0.15, -0.1) is 0 Å². The summed E-state index contributed by atoms with van der Waals surface area (Å²) in [4.78, 5) is 15.5. The summed E-state index contributed by atoms with van der Waals surface area (Å²) in [6.07, 6.45) is 2.73. The number of hydrogen-bond acceptors (Lipinski definition) is 4. The minimum absolute atomic E-state index is 0.315. The molecule has 5 heteroatoms. The third kappa shape index (κ3) is 4.00. The number of anilines is 1. The molecule has 0 unspecified atom stereocenters. The molecule has 2 heterocycles. The summed E-state index contributed by atoms with van der Waals surface area (Å²) in [5, 5.41) is 0. The largest absolute Gasteiger partial charge is 0.359 e. The van der Waals surface area contributed by atoms with Crippen LogP contribution in [-0.4, -0.2) is 28.5 Å². The van der Waals surface area contributed by atoms with Gasteiger partial charge in [0.2, 0.25) is 0 Å². The Hall–Kier alpha value is -1.49. The lowest BCUT2D eigenvalue weighted by atomic mass is 10.2. The molecule has 4 nitrogen and oxygen atoms in total. The SMILES string of the molecule is CC(C)c1nc(Br)cc(N(C)CCc2ccccn2)n1. The number of halogens is 1. The Morgan fingerprint density at radius 1 is 1.25 bits per heavy atom. The van der Waals surface area contributed by atoms with E-state index in [0.29, 0.717) is 5.92 Å². The van der Waals surface area contributed by atoms with Crippen molar-refractivity contribution in [3.63, 3.8) is 0 Å². The van der Waals surface area contributed by atoms with E-state index in [2.05, 4.69) is 49.6 Å². The quantitative estimate of drug-likeness (QED) is 0.785. The second kappa shape index (κ2) is 6.79. The second-order valence-corrected chi connectivity index (χ2v) is 5.87. The van der Waals surface area contributed by atoms with Crippen LogP contribution in [0.4, 0.5) is 5.82 Å². The smallest absolute Gasteiger partial charge is 0.134 e. The van der Waals surface area contributed by atoms with E-state index in [0.717, 1.165) is 34.9 Å². The number of pyridine rings is 1. The molecule has 0 atom stereocenters. The van der Waals surface area contributed by atoms with Crippen LogP contribution in [0.3, 0.4) is 0 Å². The summed E-state index contributed by atoms with van der Waals surface area (Å²) >= 11 is 3.46. The van der Waals surface area contributed by atoms with Crippen molar-refractivity contribution in [3.05, 3.63) is 46.6 Å². The topological polar surface area (TPSA) is 41.9 Å². The molecule has 2 aromatic heterocycles. The molecule has 0 amide bonds. The average molecular weight is 335 g/mol. The lowest BCUT2D eigenvalue weighted by Gasteiger charge is -2.19. The number of aromatic nitrogens is 3. The van der Waals surface area contributed by atoms with Crippen molar-refractivity contribution in [1.29, 1.82) is 0 Å². The maximum absolute atomic E-state index is 4.61. The molecule has 0 bridgehead atoms. The van der Waals surface area contributed by atoms with Crippen LogP contribution in [-0.2, 0) is 6.42 Å². The summed E-state index contributed by atoms with van der Waals surface area (Å²) in [5.74, 6) is 2.11. The molecule has 20 heavy (non-hydrogen) atoms. The van der Waals surface area contributed by atoms with Gasteiger partial charge in [0.1, 0.15) is 16.2 Å². The fourth-order valence-electron chi connectivity index (χ4n) is 1.82. The number of rotatable bonds is 5. The van der Waals surface area contributed by atoms with Gasteiger partial charge in [0.25, 0.3) is 0 Å². The predicted molar refractivity (Wildman–Crippen MR) is 85.0 cm³/mol. The highest BCUT2D eigenvalue weighted by Gasteiger charge is 2.10. The van der Waals surface area contributed by atoms with E-state index in [9.17, 15) is 0 Å². The highest BCUT2D eigenvalue weighted by Crippen LogP contribution is 2.19. The monoisotopic (exact) mass is 334 g/mol. The Labute approximate surface area is 128 Å². The first-order chi connectivity index (χ1) is 9.56. The summed E-state index contributed by atoms with van der Waals surface area (Å²) in [7, 11) is 2.04. The summed E-state index contributed by atoms with van der Waals surface area (Å²) in [6.45, 7) is 5.07. The predicted octanol–water partition coefficient (Wildman–Crippen LogP) is 3.44. The Morgan fingerprint density at radius 3 is 2.70 bits per heavy atom. The van der Waals surface area contributed by atoms with Gasteiger partial charge in [0.15, 0.2) is 0 Å². The molecular weight excluding hydrogens is 316 g/mol. The van der Waals surface area contributed by atoms with Gasteiger partial charge in [-0.05, 0) is 28.1 Å². The summed E-state index contributed by atoms with van der Waals surface area (Å²) in [5.41, 5.74) is 1.09. The van der Waals surface area contributed by atoms with Gasteiger partial charge in [-0.1, -0.05) is 19.9 Å². The molecule has 0 saturated heterocycles. The van der Waals surface area contributed by atoms with Crippen molar-refractivity contribution in [1.82, 2.24) is 15.0 Å². The van der Waals surface area contributed by atoms with Gasteiger partial charge >= 0.3 is 0 Å². The first-order valence-corrected chi connectivity index (χ1v) is 7.51. The first-order valence-electron chi connectivity index (χ1n) is 6.72. The van der Waals surface area contributed by atoms with Gasteiger partial charge in [-0.3, -0.25) is 4.98 Å². The normalized spacial score (nSPS) is 10.8. The number of likely N-dealkylation sites (N-methyl/N-ethyl adjacent to an activating group) is 1. The van der Waals surface area contributed by atoms with Gasteiger partial charge in [0, 0.05) is 43.9 Å². The third-order valence-electron chi connectivity index (χ3n) is 3.04. The molecule has 0 aliphatic carbocycles. The van der Waals surface area contributed by atoms with Crippen molar-refractivity contribution in [2.75, 3.05) is 18.5 Å². The van der Waals surface area contributed by atoms with E-state index in [1.807, 2.05) is 37.5 Å². The minimum atomic E-state index is 0.315. The maximum atomic E-state index is 4.61. The Bertz CT molecular complexity index is 557. The Kier molecular flexibility index (Phi) is 5.06. The van der Waals surface area contributed by atoms with Gasteiger partial charge < -0.3 is 4.90 Å². The van der Waals surface area contributed by atoms with Crippen LogP contribution in [0.15, 0.2) is 35.1 Å². The molecule has 0 aromatic carbocycles. The van der Waals surface area contributed by atoms with Crippen molar-refractivity contribution in [3.8, 4) is 0 Å². The van der Waals surface area contributed by atoms with Crippen LogP contribution in [0.25, 0.3) is 0 Å². The van der Waals surface area contributed by atoms with E-state index in [-0.39, 0.29) is 0 Å². The molecule has 2 aromatic rings. The van der Waals surface area contributed by atoms with Crippen LogP contribution in [0, 0.1) is 0 Å². The molecule has 0 aliphatic rings. The molecule has 0 saturated carbocycles. The van der Waals surface area contributed by atoms with Crippen LogP contribution in [0.5, 0.6) is 0 Å². The molecule has 0 aliphatic heterocycles. The fourth-order valence-corrected chi connectivity index (χ4v) is 2.21. The third-order valence-corrected chi connectivity index (χ3v) is 3.44. The molecule has 106 valence electrons. The highest BCUT2D eigenvalue weighted by molar-refractivity contribution is 9.10. The summed E-state index contributed by atoms with van der Waals surface area (Å²) < 4.78 is 0.830. The van der Waals surface area contributed by atoms with Crippen molar-refractivity contribution in [2.24, 2.45) is 0 Å². The summed E-state index contributed by atoms with van der Waals surface area (Å²) in [6, 6.07) is 7.94. The highest BCUT2D eigenvalue weighted by atomic mass is 79.9. The molecular formula is C15H19BrN4. The van der Waals surface area contributed by atoms with Crippen LogP contribution < -0.4 is 4.90 Å². The number of nitrogens with zero attached hydrogens (tertiary/aromatic N) is 4. The van der Waals surface area contributed by atoms with E-state index >= 15 is 0 Å². The van der Waals surface area contributed by atoms with Crippen LogP contribution in [0.2, 0.25) is 0 Å². The molecule has 0 spiro atoms. The standard InChI is InChI=1S/C15H19BrN4/c1-11(2)15-18-13(16)10-14(19-15)20(3)9-7-12-6-4-5-8-17-12/h4-6,8,10-11H,7,9H2,1-3H3. The molecule has 0 N–H and O–H groups in total. The maximum Gasteiger partial charge on any atom is 0.134 e. The van der Waals surface area contributed by atoms with Crippen molar-refractivity contribution in [2.45, 2.75) is 26.2 Å².